The molecule has 1 spiro atoms. The first-order valence-corrected chi connectivity index (χ1v) is 22.8. The highest BCUT2D eigenvalue weighted by atomic mass is 16.3. The lowest BCUT2D eigenvalue weighted by Gasteiger charge is -2.40. The predicted molar refractivity (Wildman–Crippen MR) is 274 cm³/mol. The van der Waals surface area contributed by atoms with Crippen LogP contribution in [0.3, 0.4) is 0 Å². The van der Waals surface area contributed by atoms with Crippen molar-refractivity contribution >= 4 is 82.4 Å². The van der Waals surface area contributed by atoms with E-state index in [1.54, 1.807) is 0 Å². The van der Waals surface area contributed by atoms with Gasteiger partial charge in [-0.1, -0.05) is 176 Å². The Hall–Kier alpha value is -8.66. The second-order valence-corrected chi connectivity index (χ2v) is 17.9. The number of benzene rings is 11. The van der Waals surface area contributed by atoms with Crippen molar-refractivity contribution in [3.8, 4) is 27.9 Å². The van der Waals surface area contributed by atoms with Gasteiger partial charge in [0.15, 0.2) is 0 Å². The molecule has 0 fully saturated rings. The van der Waals surface area contributed by atoms with E-state index in [9.17, 15) is 0 Å². The Balaban J connectivity index is 1.05. The lowest BCUT2D eigenvalue weighted by atomic mass is 9.61. The fourth-order valence-corrected chi connectivity index (χ4v) is 12.2. The summed E-state index contributed by atoms with van der Waals surface area (Å²) in [5.74, 6) is 0. The monoisotopic (exact) mass is 838 g/mol. The van der Waals surface area contributed by atoms with Gasteiger partial charge >= 0.3 is 0 Å². The summed E-state index contributed by atoms with van der Waals surface area (Å²) in [5.41, 5.74) is 18.5. The lowest BCUT2D eigenvalue weighted by molar-refractivity contribution is 0.669. The second kappa shape index (κ2) is 13.2. The Labute approximate surface area is 380 Å². The highest BCUT2D eigenvalue weighted by Crippen LogP contribution is 2.62. The molecular weight excluding hydrogens is 801 g/mol. The maximum absolute atomic E-state index is 6.44. The number of hydrogen-bond donors (Lipinski definition) is 0. The van der Waals surface area contributed by atoms with E-state index in [0.29, 0.717) is 0 Å². The molecule has 2 heterocycles. The van der Waals surface area contributed by atoms with Gasteiger partial charge in [-0.15, -0.1) is 0 Å². The van der Waals surface area contributed by atoms with Crippen LogP contribution in [0.4, 0.5) is 17.1 Å². The van der Waals surface area contributed by atoms with Crippen molar-refractivity contribution in [1.29, 1.82) is 0 Å². The smallest absolute Gasteiger partial charge is 0.135 e. The summed E-state index contributed by atoms with van der Waals surface area (Å²) in [4.78, 5) is 2.48. The van der Waals surface area contributed by atoms with Crippen molar-refractivity contribution in [1.82, 2.24) is 4.57 Å². The van der Waals surface area contributed by atoms with E-state index in [0.717, 1.165) is 50.2 Å². The maximum Gasteiger partial charge on any atom is 0.135 e. The van der Waals surface area contributed by atoms with Crippen LogP contribution in [0.2, 0.25) is 0 Å². The summed E-state index contributed by atoms with van der Waals surface area (Å²) in [6.07, 6.45) is 0. The van der Waals surface area contributed by atoms with Gasteiger partial charge in [-0.25, -0.2) is 0 Å². The fraction of sp³-hybridized carbons (Fsp3) is 0.0159. The highest BCUT2D eigenvalue weighted by Gasteiger charge is 2.50. The number of aromatic nitrogens is 1. The van der Waals surface area contributed by atoms with Gasteiger partial charge < -0.3 is 13.9 Å². The molecule has 0 amide bonds. The minimum Gasteiger partial charge on any atom is -0.456 e. The summed E-state index contributed by atoms with van der Waals surface area (Å²) in [7, 11) is 0. The minimum atomic E-state index is -0.493. The number of rotatable bonds is 4. The van der Waals surface area contributed by atoms with Crippen molar-refractivity contribution in [2.24, 2.45) is 0 Å². The summed E-state index contributed by atoms with van der Waals surface area (Å²) < 4.78 is 8.90. The molecule has 2 aliphatic rings. The number of nitrogens with zero attached hydrogens (tertiary/aromatic N) is 2. The molecule has 0 saturated heterocycles. The van der Waals surface area contributed by atoms with Crippen LogP contribution in [0, 0.1) is 0 Å². The summed E-state index contributed by atoms with van der Waals surface area (Å²) >= 11 is 0. The summed E-state index contributed by atoms with van der Waals surface area (Å²) in [6.45, 7) is 0. The number of furan rings is 1. The van der Waals surface area contributed by atoms with Gasteiger partial charge in [-0.05, 0) is 110 Å². The summed E-state index contributed by atoms with van der Waals surface area (Å²) in [6, 6.07) is 85.3. The van der Waals surface area contributed by atoms with Crippen LogP contribution in [-0.2, 0) is 5.41 Å². The van der Waals surface area contributed by atoms with Crippen LogP contribution in [0.5, 0.6) is 0 Å². The van der Waals surface area contributed by atoms with Gasteiger partial charge in [0.2, 0.25) is 0 Å². The molecule has 13 aromatic rings. The van der Waals surface area contributed by atoms with Crippen LogP contribution in [0.25, 0.3) is 93.2 Å². The second-order valence-electron chi connectivity index (χ2n) is 17.9. The topological polar surface area (TPSA) is 21.3 Å². The SMILES string of the molecule is c1ccc2c(c1)-c1ccccc1C21c2ccccc2-c2ccc(N(c3ccc4oc5ccccc5c4c3)c3ccc4c5ccccc5n(-c5cccc6ccccc56)c4c3)c3cccc1c23. The summed E-state index contributed by atoms with van der Waals surface area (Å²) in [5, 5.41) is 9.56. The molecule has 0 atom stereocenters. The Bertz CT molecular complexity index is 4150. The molecule has 2 aromatic heterocycles. The number of hydrogen-bond acceptors (Lipinski definition) is 2. The third-order valence-corrected chi connectivity index (χ3v) is 14.8. The third kappa shape index (κ3) is 4.61. The van der Waals surface area contributed by atoms with Gasteiger partial charge in [-0.2, -0.15) is 0 Å². The van der Waals surface area contributed by atoms with Gasteiger partial charge in [0, 0.05) is 43.7 Å². The first-order valence-electron chi connectivity index (χ1n) is 22.8. The quantitative estimate of drug-likeness (QED) is 0.176. The largest absolute Gasteiger partial charge is 0.456 e. The molecule has 0 aliphatic heterocycles. The maximum atomic E-state index is 6.44. The standard InChI is InChI=1S/C63H38N2O/c1-2-17-42-39(15-1)16-13-29-56(42)65-57-28-11-6-21-46(57)47-33-31-41(38-59(47)65)64(40-32-36-61-51(37-40)48-22-7-12-30-60(48)66-61)58-35-34-49-45-20-5-10-26-54(45)63(55-27-14-23-50(58)62(49)55)52-24-8-3-18-43(52)44-19-4-9-25-53(44)63/h1-38H. The zero-order valence-electron chi connectivity index (χ0n) is 35.7. The van der Waals surface area contributed by atoms with Crippen molar-refractivity contribution < 1.29 is 4.42 Å². The molecular formula is C63H38N2O. The number of fused-ring (bicyclic) bond motifs is 16. The third-order valence-electron chi connectivity index (χ3n) is 14.8. The van der Waals surface area contributed by atoms with E-state index in [1.807, 2.05) is 6.07 Å². The molecule has 11 aromatic carbocycles. The van der Waals surface area contributed by atoms with Gasteiger partial charge in [-0.3, -0.25) is 0 Å². The van der Waals surface area contributed by atoms with Crippen LogP contribution >= 0.6 is 0 Å². The normalized spacial score (nSPS) is 13.3. The fourth-order valence-electron chi connectivity index (χ4n) is 12.2. The van der Waals surface area contributed by atoms with Gasteiger partial charge in [0.05, 0.1) is 27.8 Å². The van der Waals surface area contributed by atoms with Gasteiger partial charge in [0.1, 0.15) is 11.2 Å². The molecule has 0 bridgehead atoms. The Kier molecular flexibility index (Phi) is 7.15. The van der Waals surface area contributed by atoms with Crippen LogP contribution < -0.4 is 4.90 Å². The minimum absolute atomic E-state index is 0.493. The first kappa shape index (κ1) is 35.8. The molecule has 3 nitrogen and oxygen atoms in total. The van der Waals surface area contributed by atoms with Gasteiger partial charge in [0.25, 0.3) is 0 Å². The van der Waals surface area contributed by atoms with Crippen LogP contribution in [0.15, 0.2) is 235 Å². The molecule has 0 radical (unpaired) electrons. The van der Waals surface area contributed by atoms with E-state index in [4.69, 9.17) is 4.42 Å². The molecule has 15 rings (SSSR count). The van der Waals surface area contributed by atoms with E-state index in [1.165, 1.54) is 82.3 Å². The molecule has 0 N–H and O–H groups in total. The first-order chi connectivity index (χ1) is 32.8. The van der Waals surface area contributed by atoms with Crippen LogP contribution in [0.1, 0.15) is 22.3 Å². The lowest BCUT2D eigenvalue weighted by Crippen LogP contribution is -2.31. The molecule has 0 unspecified atom stereocenters. The Morgan fingerprint density at radius 1 is 0.348 bits per heavy atom. The Morgan fingerprint density at radius 2 is 0.909 bits per heavy atom. The number of anilines is 3. The zero-order valence-corrected chi connectivity index (χ0v) is 35.7. The van der Waals surface area contributed by atoms with Crippen molar-refractivity contribution in [3.05, 3.63) is 253 Å². The Morgan fingerprint density at radius 3 is 1.71 bits per heavy atom. The molecule has 306 valence electrons. The predicted octanol–water partition coefficient (Wildman–Crippen LogP) is 16.8. The number of para-hydroxylation sites is 2. The molecule has 0 saturated carbocycles. The average molecular weight is 839 g/mol. The van der Waals surface area contributed by atoms with Crippen molar-refractivity contribution in [2.45, 2.75) is 5.41 Å². The highest BCUT2D eigenvalue weighted by molar-refractivity contribution is 6.15. The van der Waals surface area contributed by atoms with Crippen LogP contribution in [-0.4, -0.2) is 4.57 Å². The molecule has 3 heteroatoms. The van der Waals surface area contributed by atoms with Crippen molar-refractivity contribution in [2.75, 3.05) is 4.90 Å². The molecule has 66 heavy (non-hydrogen) atoms. The molecule has 2 aliphatic carbocycles. The van der Waals surface area contributed by atoms with E-state index >= 15 is 0 Å². The zero-order chi connectivity index (χ0) is 43.1. The van der Waals surface area contributed by atoms with E-state index < -0.39 is 5.41 Å². The van der Waals surface area contributed by atoms with Crippen molar-refractivity contribution in [3.63, 3.8) is 0 Å². The average Bonchev–Trinajstić information content (AvgIpc) is 4.02. The van der Waals surface area contributed by atoms with E-state index in [2.05, 4.69) is 234 Å². The van der Waals surface area contributed by atoms with E-state index in [-0.39, 0.29) is 0 Å².